The summed E-state index contributed by atoms with van der Waals surface area (Å²) in [5.74, 6) is 1.49. The molecule has 0 aliphatic heterocycles. The van der Waals surface area contributed by atoms with Crippen LogP contribution in [0.5, 0.6) is 11.5 Å². The molecule has 6 heteroatoms. The Labute approximate surface area is 139 Å². The molecule has 1 aromatic rings. The Morgan fingerprint density at radius 2 is 1.73 bits per heavy atom. The lowest BCUT2D eigenvalue weighted by atomic mass is 9.88. The van der Waals surface area contributed by atoms with Crippen LogP contribution in [-0.2, 0) is 4.79 Å². The van der Waals surface area contributed by atoms with Crippen molar-refractivity contribution in [1.29, 1.82) is 0 Å². The lowest BCUT2D eigenvalue weighted by molar-refractivity contribution is -0.125. The molecule has 0 bridgehead atoms. The topological polar surface area (TPSA) is 73.6 Å². The average Bonchev–Trinajstić information content (AvgIpc) is 2.46. The van der Waals surface area contributed by atoms with E-state index in [-0.39, 0.29) is 30.8 Å². The Bertz CT molecular complexity index is 451. The fourth-order valence-electron chi connectivity index (χ4n) is 1.73. The summed E-state index contributed by atoms with van der Waals surface area (Å²) >= 11 is 0. The number of ether oxygens (including phenoxy) is 2. The summed E-state index contributed by atoms with van der Waals surface area (Å²) < 4.78 is 10.8. The zero-order valence-electron chi connectivity index (χ0n) is 13.7. The predicted octanol–water partition coefficient (Wildman–Crippen LogP) is 2.38. The number of carbonyl (C=O) groups is 1. The maximum Gasteiger partial charge on any atom is 0.258 e. The number of hydrogen-bond acceptors (Lipinski definition) is 4. The maximum absolute atomic E-state index is 11.9. The van der Waals surface area contributed by atoms with Gasteiger partial charge >= 0.3 is 0 Å². The second kappa shape index (κ2) is 9.54. The Kier molecular flexibility index (Phi) is 8.90. The highest BCUT2D eigenvalue weighted by Crippen LogP contribution is 2.18. The van der Waals surface area contributed by atoms with Gasteiger partial charge < -0.3 is 20.5 Å². The summed E-state index contributed by atoms with van der Waals surface area (Å²) in [4.78, 5) is 11.9. The zero-order chi connectivity index (χ0) is 15.9. The quantitative estimate of drug-likeness (QED) is 0.767. The lowest BCUT2D eigenvalue weighted by Crippen LogP contribution is -2.56. The Balaban J connectivity index is 0.00000441. The van der Waals surface area contributed by atoms with Crippen molar-refractivity contribution in [2.24, 2.45) is 11.7 Å². The molecule has 1 atom stereocenters. The molecule has 0 fully saturated rings. The summed E-state index contributed by atoms with van der Waals surface area (Å²) in [6.07, 6.45) is 0. The van der Waals surface area contributed by atoms with E-state index in [1.165, 1.54) is 0 Å². The fraction of sp³-hybridized carbons (Fsp3) is 0.562. The van der Waals surface area contributed by atoms with Crippen LogP contribution in [-0.4, -0.2) is 31.2 Å². The van der Waals surface area contributed by atoms with Crippen LogP contribution in [0, 0.1) is 5.92 Å². The monoisotopic (exact) mass is 330 g/mol. The van der Waals surface area contributed by atoms with Crippen LogP contribution in [0.3, 0.4) is 0 Å². The number of amides is 1. The van der Waals surface area contributed by atoms with Crippen molar-refractivity contribution < 1.29 is 14.3 Å². The first-order valence-corrected chi connectivity index (χ1v) is 7.28. The number of halogens is 1. The second-order valence-electron chi connectivity index (χ2n) is 5.52. The molecule has 1 amide bonds. The summed E-state index contributed by atoms with van der Waals surface area (Å²) in [6, 6.07) is 7.19. The predicted molar refractivity (Wildman–Crippen MR) is 90.8 cm³/mol. The molecule has 0 saturated carbocycles. The average molecular weight is 331 g/mol. The Morgan fingerprint density at radius 1 is 1.23 bits per heavy atom. The SMILES string of the molecule is CCOc1ccc(OCC(=O)NC(C)(CN)C(C)C)cc1.Cl. The van der Waals surface area contributed by atoms with Gasteiger partial charge in [-0.2, -0.15) is 0 Å². The van der Waals surface area contributed by atoms with Crippen molar-refractivity contribution in [2.75, 3.05) is 19.8 Å². The van der Waals surface area contributed by atoms with E-state index in [2.05, 4.69) is 5.32 Å². The molecule has 0 aliphatic carbocycles. The standard InChI is InChI=1S/C16H26N2O3.ClH/c1-5-20-13-6-8-14(9-7-13)21-10-15(19)18-16(4,11-17)12(2)3;/h6-9,12H,5,10-11,17H2,1-4H3,(H,18,19);1H. The first kappa shape index (κ1) is 20.5. The smallest absolute Gasteiger partial charge is 0.258 e. The van der Waals surface area contributed by atoms with Crippen LogP contribution in [0.4, 0.5) is 0 Å². The van der Waals surface area contributed by atoms with E-state index < -0.39 is 5.54 Å². The number of rotatable bonds is 8. The minimum absolute atomic E-state index is 0. The van der Waals surface area contributed by atoms with Crippen LogP contribution in [0.25, 0.3) is 0 Å². The van der Waals surface area contributed by atoms with Crippen molar-refractivity contribution in [3.05, 3.63) is 24.3 Å². The fourth-order valence-corrected chi connectivity index (χ4v) is 1.73. The largest absolute Gasteiger partial charge is 0.494 e. The van der Waals surface area contributed by atoms with E-state index in [4.69, 9.17) is 15.2 Å². The van der Waals surface area contributed by atoms with E-state index in [0.29, 0.717) is 18.9 Å². The summed E-state index contributed by atoms with van der Waals surface area (Å²) in [7, 11) is 0. The van der Waals surface area contributed by atoms with Crippen LogP contribution in [0.1, 0.15) is 27.7 Å². The summed E-state index contributed by atoms with van der Waals surface area (Å²) in [5.41, 5.74) is 5.32. The van der Waals surface area contributed by atoms with Crippen LogP contribution >= 0.6 is 12.4 Å². The minimum Gasteiger partial charge on any atom is -0.494 e. The van der Waals surface area contributed by atoms with Crippen molar-refractivity contribution in [2.45, 2.75) is 33.2 Å². The summed E-state index contributed by atoms with van der Waals surface area (Å²) in [6.45, 7) is 8.90. The molecule has 3 N–H and O–H groups in total. The second-order valence-corrected chi connectivity index (χ2v) is 5.52. The van der Waals surface area contributed by atoms with Crippen LogP contribution < -0.4 is 20.5 Å². The van der Waals surface area contributed by atoms with Gasteiger partial charge in [-0.1, -0.05) is 13.8 Å². The number of nitrogens with one attached hydrogen (secondary N) is 1. The third-order valence-corrected chi connectivity index (χ3v) is 3.63. The van der Waals surface area contributed by atoms with E-state index >= 15 is 0 Å². The molecule has 126 valence electrons. The third-order valence-electron chi connectivity index (χ3n) is 3.63. The zero-order valence-corrected chi connectivity index (χ0v) is 14.5. The van der Waals surface area contributed by atoms with Gasteiger partial charge in [0.1, 0.15) is 11.5 Å². The Hall–Kier alpha value is -1.46. The molecule has 0 radical (unpaired) electrons. The molecule has 5 nitrogen and oxygen atoms in total. The van der Waals surface area contributed by atoms with Gasteiger partial charge in [0.15, 0.2) is 6.61 Å². The molecule has 0 aromatic heterocycles. The molecule has 0 spiro atoms. The van der Waals surface area contributed by atoms with Gasteiger partial charge in [-0.15, -0.1) is 12.4 Å². The first-order chi connectivity index (χ1) is 9.91. The normalized spacial score (nSPS) is 13.0. The van der Waals surface area contributed by atoms with Crippen molar-refractivity contribution in [3.8, 4) is 11.5 Å². The van der Waals surface area contributed by atoms with Crippen molar-refractivity contribution >= 4 is 18.3 Å². The van der Waals surface area contributed by atoms with Gasteiger partial charge in [0.25, 0.3) is 5.91 Å². The molecule has 0 aliphatic rings. The highest BCUT2D eigenvalue weighted by molar-refractivity contribution is 5.85. The number of benzene rings is 1. The number of hydrogen-bond donors (Lipinski definition) is 2. The molecule has 0 saturated heterocycles. The van der Waals surface area contributed by atoms with Gasteiger partial charge in [-0.25, -0.2) is 0 Å². The number of carbonyl (C=O) groups excluding carboxylic acids is 1. The molecular formula is C16H27ClN2O3. The highest BCUT2D eigenvalue weighted by Gasteiger charge is 2.28. The summed E-state index contributed by atoms with van der Waals surface area (Å²) in [5, 5.41) is 2.93. The van der Waals surface area contributed by atoms with Gasteiger partial charge in [-0.3, -0.25) is 4.79 Å². The van der Waals surface area contributed by atoms with E-state index in [9.17, 15) is 4.79 Å². The lowest BCUT2D eigenvalue weighted by Gasteiger charge is -2.33. The highest BCUT2D eigenvalue weighted by atomic mass is 35.5. The van der Waals surface area contributed by atoms with Crippen molar-refractivity contribution in [1.82, 2.24) is 5.32 Å². The van der Waals surface area contributed by atoms with Gasteiger partial charge in [0.05, 0.1) is 12.1 Å². The maximum atomic E-state index is 11.9. The molecular weight excluding hydrogens is 304 g/mol. The van der Waals surface area contributed by atoms with Gasteiger partial charge in [0.2, 0.25) is 0 Å². The van der Waals surface area contributed by atoms with E-state index in [1.54, 1.807) is 12.1 Å². The van der Waals surface area contributed by atoms with Gasteiger partial charge in [-0.05, 0) is 44.0 Å². The molecule has 1 rings (SSSR count). The van der Waals surface area contributed by atoms with Crippen LogP contribution in [0.2, 0.25) is 0 Å². The third kappa shape index (κ3) is 6.12. The first-order valence-electron chi connectivity index (χ1n) is 7.28. The molecule has 0 heterocycles. The van der Waals surface area contributed by atoms with E-state index in [0.717, 1.165) is 5.75 Å². The van der Waals surface area contributed by atoms with Gasteiger partial charge in [0, 0.05) is 6.54 Å². The molecule has 1 unspecified atom stereocenters. The Morgan fingerprint density at radius 3 is 2.14 bits per heavy atom. The van der Waals surface area contributed by atoms with Crippen LogP contribution in [0.15, 0.2) is 24.3 Å². The van der Waals surface area contributed by atoms with Crippen molar-refractivity contribution in [3.63, 3.8) is 0 Å². The minimum atomic E-state index is -0.417. The number of nitrogens with two attached hydrogens (primary N) is 1. The molecule has 22 heavy (non-hydrogen) atoms. The molecule has 1 aromatic carbocycles. The van der Waals surface area contributed by atoms with E-state index in [1.807, 2.05) is 39.8 Å².